The lowest BCUT2D eigenvalue weighted by Crippen LogP contribution is -2.55. The average Bonchev–Trinajstić information content (AvgIpc) is 1.64. The summed E-state index contributed by atoms with van der Waals surface area (Å²) >= 11 is 0. The van der Waals surface area contributed by atoms with Crippen molar-refractivity contribution in [3.63, 3.8) is 0 Å². The van der Waals surface area contributed by atoms with Crippen LogP contribution in [0.4, 0.5) is 0 Å². The SMILES string of the molecule is [2H]C([2H])(C)C(=O)[C@@]1([2H])CC[C@H]2[C@@H]3CC[C@H]4C[C@]([2H])(O)CC[C@@H]4[C@H]3CC[C@@]21C.[2H][C@@]1(O)CC[C@H]2[C@@H](CC[C@@H]3[C@@H]2CC[C@]2(C)[C@@H](C(C)=O)CC[C@@H]32)C1.[2H][C@@]1(O)CC[C@]2(C)[C@H]3CC[C@@]4(C)[C@@H](CC[C@]4([2H])C(C)=O)[C@@H]3CC[C@]2([2H])C1.[2H][C@@]1(O)CC[C@]2(C)[C@H]3CC[C@]4(C)[C@@H](C(C)=O)CC[C@H]4[C@@H]3CC[C@]2([2H])C1.[2H][C@@]12CC[C@H]3[C@@H]4CC[C@H](C(C)=O)[C@@]4(C)CC[C@@H]3[C@@]1(C)CC[C@@](C)(O)C2.[2H][C@@]12CC[C@H]3[C@@H]4CC[C@]([2H])(C(C)=O)[C@@]4(C)CC[C@@H]3[C@@]1(C)CC[C@@H](O)C2. The summed E-state index contributed by atoms with van der Waals surface area (Å²) in [5, 5.41) is 61.7. The lowest BCUT2D eigenvalue weighted by Gasteiger charge is -2.61. The van der Waals surface area contributed by atoms with Gasteiger partial charge in [0.25, 0.3) is 0 Å². The van der Waals surface area contributed by atoms with Gasteiger partial charge >= 0.3 is 0 Å². The molecule has 780 valence electrons. The Kier molecular flexibility index (Phi) is 25.2. The Labute approximate surface area is 857 Å². The topological polar surface area (TPSA) is 224 Å². The molecule has 24 rings (SSSR count). The van der Waals surface area contributed by atoms with E-state index in [4.69, 9.17) is 16.4 Å². The first kappa shape index (κ1) is 88.7. The average molecular weight is 1920 g/mol. The Bertz CT molecular complexity index is 5020. The van der Waals surface area contributed by atoms with Gasteiger partial charge in [-0.25, -0.2) is 0 Å². The fourth-order valence-corrected chi connectivity index (χ4v) is 44.0. The van der Waals surface area contributed by atoms with Crippen molar-refractivity contribution in [3.05, 3.63) is 0 Å². The van der Waals surface area contributed by atoms with Crippen LogP contribution in [0.5, 0.6) is 0 Å². The maximum absolute atomic E-state index is 12.9. The lowest BCUT2D eigenvalue weighted by atomic mass is 9.44. The molecule has 0 aromatic heterocycles. The second-order valence-electron chi connectivity index (χ2n) is 56.3. The Morgan fingerprint density at radius 1 is 0.246 bits per heavy atom. The Morgan fingerprint density at radius 2 is 0.529 bits per heavy atom. The predicted octanol–water partition coefficient (Wildman–Crippen LogP) is 27.6. The molecule has 24 saturated carbocycles. The summed E-state index contributed by atoms with van der Waals surface area (Å²) in [5.74, 6) is 8.79. The van der Waals surface area contributed by atoms with E-state index < -0.39 is 88.7 Å². The van der Waals surface area contributed by atoms with Gasteiger partial charge in [-0.15, -0.1) is 0 Å². The van der Waals surface area contributed by atoms with E-state index in [1.165, 1.54) is 58.3 Å². The van der Waals surface area contributed by atoms with Gasteiger partial charge in [-0.05, 0) is 596 Å². The van der Waals surface area contributed by atoms with E-state index in [9.17, 15) is 60.8 Å². The maximum Gasteiger partial charge on any atom is 0.136 e. The van der Waals surface area contributed by atoms with Crippen molar-refractivity contribution >= 4 is 34.7 Å². The molecule has 0 saturated heterocycles. The highest BCUT2D eigenvalue weighted by Gasteiger charge is 2.69. The summed E-state index contributed by atoms with van der Waals surface area (Å²) in [4.78, 5) is 74.1. The lowest BCUT2D eigenvalue weighted by molar-refractivity contribution is -0.150. The third kappa shape index (κ3) is 17.8. The quantitative estimate of drug-likeness (QED) is 0.140. The molecule has 0 aliphatic heterocycles. The summed E-state index contributed by atoms with van der Waals surface area (Å²) in [6, 6.07) is 0. The smallest absolute Gasteiger partial charge is 0.136 e. The molecule has 6 N–H and O–H groups in total. The summed E-state index contributed by atoms with van der Waals surface area (Å²) in [7, 11) is 0. The van der Waals surface area contributed by atoms with Gasteiger partial charge in [0.05, 0.1) is 41.5 Å². The summed E-state index contributed by atoms with van der Waals surface area (Å²) in [6.07, 6.45) is 41.5. The Balaban J connectivity index is 0.000000114. The van der Waals surface area contributed by atoms with Crippen LogP contribution in [0.1, 0.15) is 489 Å². The number of carbonyl (C=O) groups excluding carboxylic acids is 6. The van der Waals surface area contributed by atoms with Gasteiger partial charge in [-0.2, -0.15) is 0 Å². The van der Waals surface area contributed by atoms with Crippen LogP contribution < -0.4 is 0 Å². The zero-order valence-corrected chi connectivity index (χ0v) is 89.8. The second kappa shape index (κ2) is 39.3. The molecule has 0 bridgehead atoms. The Hall–Kier alpha value is -2.22. The first-order chi connectivity index (χ1) is 69.7. The number of aliphatic hydroxyl groups is 6. The highest BCUT2D eigenvalue weighted by molar-refractivity contribution is 5.83. The van der Waals surface area contributed by atoms with E-state index in [0.717, 1.165) is 236 Å². The van der Waals surface area contributed by atoms with Crippen molar-refractivity contribution in [3.8, 4) is 0 Å². The van der Waals surface area contributed by atoms with Crippen molar-refractivity contribution in [1.82, 2.24) is 0 Å². The van der Waals surface area contributed by atoms with E-state index in [1.807, 2.05) is 6.92 Å². The molecule has 0 heterocycles. The fraction of sp³-hybridized carbons (Fsp3) is 0.952. The highest BCUT2D eigenvalue weighted by atomic mass is 16.3. The molecule has 12 nitrogen and oxygen atoms in total. The minimum absolute atomic E-state index is 0.0139. The monoisotopic (exact) mass is 1920 g/mol. The van der Waals surface area contributed by atoms with E-state index in [1.54, 1.807) is 34.6 Å². The van der Waals surface area contributed by atoms with Crippen LogP contribution >= 0.6 is 0 Å². The van der Waals surface area contributed by atoms with Crippen molar-refractivity contribution in [2.24, 2.45) is 243 Å². The van der Waals surface area contributed by atoms with Crippen LogP contribution in [0.25, 0.3) is 0 Å². The maximum atomic E-state index is 12.9. The number of fused-ring (bicyclic) bond motifs is 30. The van der Waals surface area contributed by atoms with E-state index in [0.29, 0.717) is 207 Å². The van der Waals surface area contributed by atoms with Gasteiger partial charge in [0.1, 0.15) is 34.7 Å². The van der Waals surface area contributed by atoms with E-state index >= 15 is 0 Å². The third-order valence-electron chi connectivity index (χ3n) is 51.1. The molecule has 24 aliphatic rings. The predicted molar refractivity (Wildman–Crippen MR) is 551 cm³/mol. The first-order valence-electron chi connectivity index (χ1n) is 65.1. The number of hydrogen-bond donors (Lipinski definition) is 6. The van der Waals surface area contributed by atoms with Crippen molar-refractivity contribution in [1.29, 1.82) is 0 Å². The van der Waals surface area contributed by atoms with Crippen LogP contribution in [0.15, 0.2) is 0 Å². The highest BCUT2D eigenvalue weighted by Crippen LogP contribution is 2.75. The molecule has 0 unspecified atom stereocenters. The summed E-state index contributed by atoms with van der Waals surface area (Å²) < 4.78 is 112. The van der Waals surface area contributed by atoms with Gasteiger partial charge < -0.3 is 30.6 Å². The largest absolute Gasteiger partial charge is 0.393 e. The first-order valence-corrected chi connectivity index (χ1v) is 58.6. The third-order valence-corrected chi connectivity index (χ3v) is 51.1. The molecular weight excluding hydrogens is 1710 g/mol. The van der Waals surface area contributed by atoms with E-state index in [2.05, 4.69) is 69.2 Å². The van der Waals surface area contributed by atoms with Crippen LogP contribution in [0.3, 0.4) is 0 Å². The van der Waals surface area contributed by atoms with E-state index in [-0.39, 0.29) is 84.7 Å². The van der Waals surface area contributed by atoms with Gasteiger partial charge in [-0.3, -0.25) is 28.8 Å². The summed E-state index contributed by atoms with van der Waals surface area (Å²) in [6.45, 7) is 34.7. The second-order valence-corrected chi connectivity index (χ2v) is 56.3. The zero-order chi connectivity index (χ0) is 110. The molecule has 0 amide bonds. The number of hydrogen-bond acceptors (Lipinski definition) is 12. The molecular formula is C126H204O12. The van der Waals surface area contributed by atoms with Crippen molar-refractivity contribution in [2.75, 3.05) is 0 Å². The van der Waals surface area contributed by atoms with Crippen LogP contribution in [0, 0.1) is 243 Å². The molecule has 12 heteroatoms. The summed E-state index contributed by atoms with van der Waals surface area (Å²) in [5.41, 5.74) is -1.11. The molecule has 48 atom stereocenters. The normalized spacial score (nSPS) is 62.4. The number of carbonyl (C=O) groups is 6. The minimum Gasteiger partial charge on any atom is -0.393 e. The van der Waals surface area contributed by atoms with Gasteiger partial charge in [0, 0.05) is 54.1 Å². The molecule has 0 radical (unpaired) electrons. The number of rotatable bonds is 7. The van der Waals surface area contributed by atoms with Crippen LogP contribution in [0.2, 0.25) is 0 Å². The molecule has 24 aliphatic carbocycles. The van der Waals surface area contributed by atoms with Crippen molar-refractivity contribution < 1.29 is 77.2 Å². The molecule has 0 aromatic carbocycles. The standard InChI is InChI=1S/C22H36O2.4C21H34O2.C20H32O2/c1-14(23)17-7-8-18-16-6-5-15-13-20(2,24)11-12-21(15,3)19(16)9-10-22(17,18)4;3*1-13(22)17-6-7-18-16-5-4-14-12-15(23)8-10-20(14,2)19(16)9-11-21(17,18)3;1-3-20(23)19-9-8-18-17-6-4-13-12-14(22)5-7-15(13)16(17)10-11-21(18,19)2;1-12(21)18-7-8-19-17-5-3-13-11-14(22)4-6-15(13)16(17)9-10-20(18,19)2/h15-19,24H,5-13H2,1-4H3;3*14-19,23H,4-12H2,1-3H3;13-19,22H,3-12H2,1-2H3;13-19,22H,3-11H2,1-2H3/t15-,16-,17+,18-,19-,20+,21-,22+;14-,15+,16-,17+,18-,19-,20-,21+;2*14-,15-,16+,17-,18+,19+,20+,21-;13-,14+,15-,16+,17+,18-,19+,21-;13-,14+,15-,16+,17+,18+,19-,20+/m001100/s1/i15D;14D,17D;14D,15D,17D;14D,15D;3D2,14D,19D;14D. The molecule has 0 spiro atoms. The zero-order valence-electron chi connectivity index (χ0n) is 103. The fourth-order valence-electron chi connectivity index (χ4n) is 44.0. The number of aliphatic hydroxyl groups excluding tert-OH is 1. The van der Waals surface area contributed by atoms with Gasteiger partial charge in [0.15, 0.2) is 0 Å². The Morgan fingerprint density at radius 3 is 0.920 bits per heavy atom. The van der Waals surface area contributed by atoms with Crippen LogP contribution in [-0.4, -0.2) is 101 Å². The minimum atomic E-state index is -1.95. The van der Waals surface area contributed by atoms with Crippen molar-refractivity contribution in [2.45, 2.75) is 507 Å². The molecule has 24 fully saturated rings. The molecule has 138 heavy (non-hydrogen) atoms. The molecule has 0 aromatic rings. The van der Waals surface area contributed by atoms with Crippen LogP contribution in [-0.2, 0) is 28.8 Å². The number of Topliss-reactive ketones (excluding diaryl/α,β-unsaturated/α-hetero) is 6. The van der Waals surface area contributed by atoms with Gasteiger partial charge in [0.2, 0.25) is 0 Å². The van der Waals surface area contributed by atoms with Gasteiger partial charge in [-0.1, -0.05) is 76.2 Å². The number of ketones is 6.